The van der Waals surface area contributed by atoms with Crippen LogP contribution in [-0.2, 0) is 0 Å². The molecule has 19 heavy (non-hydrogen) atoms. The number of amides is 2. The van der Waals surface area contributed by atoms with Crippen LogP contribution in [0.2, 0.25) is 0 Å². The fourth-order valence-corrected chi connectivity index (χ4v) is 1.63. The topological polar surface area (TPSA) is 98.7 Å². The van der Waals surface area contributed by atoms with Gasteiger partial charge >= 0.3 is 12.0 Å². The molecule has 0 aromatic heterocycles. The maximum Gasteiger partial charge on any atom is 0.339 e. The van der Waals surface area contributed by atoms with Gasteiger partial charge in [-0.15, -0.1) is 0 Å². The molecular formula is C13H18N2O4. The van der Waals surface area contributed by atoms with Crippen molar-refractivity contribution in [3.63, 3.8) is 0 Å². The second-order valence-electron chi connectivity index (χ2n) is 4.15. The van der Waals surface area contributed by atoms with Gasteiger partial charge in [0.2, 0.25) is 0 Å². The van der Waals surface area contributed by atoms with Gasteiger partial charge in [-0.2, -0.15) is 0 Å². The van der Waals surface area contributed by atoms with Gasteiger partial charge in [0.25, 0.3) is 0 Å². The third-order valence-corrected chi connectivity index (χ3v) is 2.81. The second-order valence-corrected chi connectivity index (χ2v) is 4.15. The summed E-state index contributed by atoms with van der Waals surface area (Å²) in [5.41, 5.74) is 0.0685. The Labute approximate surface area is 111 Å². The molecule has 1 rings (SSSR count). The normalized spacial score (nSPS) is 10.3. The van der Waals surface area contributed by atoms with Crippen molar-refractivity contribution in [2.75, 3.05) is 5.32 Å². The molecule has 2 amide bonds. The number of hydrogen-bond acceptors (Lipinski definition) is 3. The fourth-order valence-electron chi connectivity index (χ4n) is 1.63. The third-order valence-electron chi connectivity index (χ3n) is 2.81. The van der Waals surface area contributed by atoms with E-state index >= 15 is 0 Å². The Balaban J connectivity index is 2.74. The highest BCUT2D eigenvalue weighted by Crippen LogP contribution is 2.21. The van der Waals surface area contributed by atoms with Crippen LogP contribution >= 0.6 is 0 Å². The monoisotopic (exact) mass is 266 g/mol. The number of carbonyl (C=O) groups excluding carboxylic acids is 1. The summed E-state index contributed by atoms with van der Waals surface area (Å²) < 4.78 is 0. The van der Waals surface area contributed by atoms with Crippen LogP contribution in [0.1, 0.15) is 37.0 Å². The van der Waals surface area contributed by atoms with Crippen LogP contribution in [0.3, 0.4) is 0 Å². The van der Waals surface area contributed by atoms with Gasteiger partial charge in [0, 0.05) is 11.7 Å². The van der Waals surface area contributed by atoms with Gasteiger partial charge in [-0.25, -0.2) is 9.59 Å². The highest BCUT2D eigenvalue weighted by molar-refractivity contribution is 5.95. The predicted octanol–water partition coefficient (Wildman–Crippen LogP) is 2.40. The molecule has 0 saturated carbocycles. The van der Waals surface area contributed by atoms with E-state index in [-0.39, 0.29) is 17.4 Å². The highest BCUT2D eigenvalue weighted by Gasteiger charge is 2.12. The van der Waals surface area contributed by atoms with Crippen molar-refractivity contribution >= 4 is 17.7 Å². The largest absolute Gasteiger partial charge is 0.507 e. The van der Waals surface area contributed by atoms with Gasteiger partial charge in [0.1, 0.15) is 11.3 Å². The first-order valence-corrected chi connectivity index (χ1v) is 6.11. The lowest BCUT2D eigenvalue weighted by atomic mass is 10.1. The van der Waals surface area contributed by atoms with Gasteiger partial charge in [0.15, 0.2) is 0 Å². The molecule has 0 unspecified atom stereocenters. The maximum atomic E-state index is 11.7. The van der Waals surface area contributed by atoms with E-state index in [4.69, 9.17) is 5.11 Å². The first-order chi connectivity index (χ1) is 8.97. The van der Waals surface area contributed by atoms with Crippen molar-refractivity contribution in [1.82, 2.24) is 5.32 Å². The molecule has 1 aromatic carbocycles. The zero-order chi connectivity index (χ0) is 14.4. The van der Waals surface area contributed by atoms with Crippen molar-refractivity contribution in [2.45, 2.75) is 32.7 Å². The van der Waals surface area contributed by atoms with E-state index in [0.717, 1.165) is 12.8 Å². The number of aromatic hydroxyl groups is 1. The highest BCUT2D eigenvalue weighted by atomic mass is 16.4. The molecule has 6 nitrogen and oxygen atoms in total. The second kappa shape index (κ2) is 6.63. The summed E-state index contributed by atoms with van der Waals surface area (Å²) in [4.78, 5) is 22.5. The van der Waals surface area contributed by atoms with Gasteiger partial charge in [0.05, 0.1) is 0 Å². The van der Waals surface area contributed by atoms with Gasteiger partial charge < -0.3 is 20.8 Å². The van der Waals surface area contributed by atoms with E-state index in [1.165, 1.54) is 18.2 Å². The predicted molar refractivity (Wildman–Crippen MR) is 71.6 cm³/mol. The Kier molecular flexibility index (Phi) is 5.17. The molecule has 0 spiro atoms. The average molecular weight is 266 g/mol. The Morgan fingerprint density at radius 2 is 1.89 bits per heavy atom. The van der Waals surface area contributed by atoms with Gasteiger partial charge in [-0.1, -0.05) is 13.8 Å². The summed E-state index contributed by atoms with van der Waals surface area (Å²) in [6.07, 6.45) is 1.64. The minimum absolute atomic E-state index is 0.0797. The van der Waals surface area contributed by atoms with E-state index in [9.17, 15) is 14.7 Å². The van der Waals surface area contributed by atoms with E-state index in [1.54, 1.807) is 0 Å². The molecule has 0 bridgehead atoms. The number of rotatable bonds is 5. The lowest BCUT2D eigenvalue weighted by Gasteiger charge is -2.15. The van der Waals surface area contributed by atoms with Crippen LogP contribution in [0.4, 0.5) is 10.5 Å². The van der Waals surface area contributed by atoms with Crippen LogP contribution in [0.25, 0.3) is 0 Å². The SMILES string of the molecule is CCC(CC)NC(=O)Nc1ccc(O)c(C(=O)O)c1. The summed E-state index contributed by atoms with van der Waals surface area (Å²) >= 11 is 0. The smallest absolute Gasteiger partial charge is 0.339 e. The molecular weight excluding hydrogens is 248 g/mol. The summed E-state index contributed by atoms with van der Waals surface area (Å²) in [6.45, 7) is 3.94. The van der Waals surface area contributed by atoms with Crippen LogP contribution in [0.5, 0.6) is 5.75 Å². The number of carboxylic acids is 1. The summed E-state index contributed by atoms with van der Waals surface area (Å²) in [6, 6.07) is 3.57. The number of anilines is 1. The molecule has 0 radical (unpaired) electrons. The number of urea groups is 1. The minimum Gasteiger partial charge on any atom is -0.507 e. The zero-order valence-electron chi connectivity index (χ0n) is 10.9. The van der Waals surface area contributed by atoms with Crippen LogP contribution < -0.4 is 10.6 Å². The minimum atomic E-state index is -1.25. The van der Waals surface area contributed by atoms with Gasteiger partial charge in [-0.05, 0) is 31.0 Å². The van der Waals surface area contributed by atoms with Gasteiger partial charge in [-0.3, -0.25) is 0 Å². The van der Waals surface area contributed by atoms with Crippen molar-refractivity contribution in [3.8, 4) is 5.75 Å². The number of phenols is 1. The molecule has 0 fully saturated rings. The molecule has 1 aromatic rings. The molecule has 0 aliphatic heterocycles. The van der Waals surface area contributed by atoms with Crippen LogP contribution in [0, 0.1) is 0 Å². The molecule has 6 heteroatoms. The van der Waals surface area contributed by atoms with E-state index in [0.29, 0.717) is 5.69 Å². The molecule has 0 aliphatic carbocycles. The summed E-state index contributed by atoms with van der Waals surface area (Å²) in [5.74, 6) is -1.58. The number of hydrogen-bond donors (Lipinski definition) is 4. The summed E-state index contributed by atoms with van der Waals surface area (Å²) in [7, 11) is 0. The standard InChI is InChI=1S/C13H18N2O4/c1-3-8(4-2)14-13(19)15-9-5-6-11(16)10(7-9)12(17)18/h5-8,16H,3-4H2,1-2H3,(H,17,18)(H2,14,15,19). The molecule has 104 valence electrons. The average Bonchev–Trinajstić information content (AvgIpc) is 2.37. The number of nitrogens with one attached hydrogen (secondary N) is 2. The Morgan fingerprint density at radius 1 is 1.26 bits per heavy atom. The molecule has 4 N–H and O–H groups in total. The number of carboxylic acid groups (broad SMARTS) is 1. The van der Waals surface area contributed by atoms with Crippen molar-refractivity contribution in [1.29, 1.82) is 0 Å². The van der Waals surface area contributed by atoms with Crippen molar-refractivity contribution in [3.05, 3.63) is 23.8 Å². The van der Waals surface area contributed by atoms with E-state index in [1.807, 2.05) is 13.8 Å². The quantitative estimate of drug-likeness (QED) is 0.615. The lowest BCUT2D eigenvalue weighted by molar-refractivity contribution is 0.0693. The fraction of sp³-hybridized carbons (Fsp3) is 0.385. The van der Waals surface area contributed by atoms with Crippen molar-refractivity contribution in [2.24, 2.45) is 0 Å². The first kappa shape index (κ1) is 14.8. The molecule has 0 aliphatic rings. The third kappa shape index (κ3) is 4.17. The molecule has 0 atom stereocenters. The van der Waals surface area contributed by atoms with Crippen LogP contribution in [-0.4, -0.2) is 28.3 Å². The number of aromatic carboxylic acids is 1. The van der Waals surface area contributed by atoms with Crippen molar-refractivity contribution < 1.29 is 19.8 Å². The number of carbonyl (C=O) groups is 2. The maximum absolute atomic E-state index is 11.7. The van der Waals surface area contributed by atoms with E-state index < -0.39 is 12.0 Å². The molecule has 0 saturated heterocycles. The zero-order valence-corrected chi connectivity index (χ0v) is 10.9. The first-order valence-electron chi connectivity index (χ1n) is 6.11. The van der Waals surface area contributed by atoms with Crippen LogP contribution in [0.15, 0.2) is 18.2 Å². The van der Waals surface area contributed by atoms with E-state index in [2.05, 4.69) is 10.6 Å². The molecule has 0 heterocycles. The Bertz CT molecular complexity index is 470. The summed E-state index contributed by atoms with van der Waals surface area (Å²) in [5, 5.41) is 23.5. The number of benzene rings is 1. The Hall–Kier alpha value is -2.24. The lowest BCUT2D eigenvalue weighted by Crippen LogP contribution is -2.37. The Morgan fingerprint density at radius 3 is 2.42 bits per heavy atom.